The molecule has 0 bridgehead atoms. The number of nitrogens with one attached hydrogen (secondary N) is 2. The zero-order valence-electron chi connectivity index (χ0n) is 18.7. The van der Waals surface area contributed by atoms with Crippen molar-refractivity contribution in [1.82, 2.24) is 29.9 Å². The van der Waals surface area contributed by atoms with Gasteiger partial charge in [0.25, 0.3) is 0 Å². The van der Waals surface area contributed by atoms with Crippen LogP contribution in [-0.4, -0.2) is 37.2 Å². The number of hydrogen-bond acceptors (Lipinski definition) is 6. The molecule has 0 radical (unpaired) electrons. The monoisotopic (exact) mass is 453 g/mol. The first-order chi connectivity index (χ1) is 16.7. The Balaban J connectivity index is 1.29. The van der Waals surface area contributed by atoms with E-state index in [0.717, 1.165) is 55.6 Å². The number of aromatic nitrogens is 5. The minimum absolute atomic E-state index is 0.237. The van der Waals surface area contributed by atoms with Gasteiger partial charge in [0.15, 0.2) is 11.5 Å². The molecule has 34 heavy (non-hydrogen) atoms. The largest absolute Gasteiger partial charge is 0.351 e. The third kappa shape index (κ3) is 3.20. The Bertz CT molecular complexity index is 1470. The molecule has 3 aliphatic rings. The van der Waals surface area contributed by atoms with Crippen molar-refractivity contribution in [3.63, 3.8) is 0 Å². The summed E-state index contributed by atoms with van der Waals surface area (Å²) in [5.41, 5.74) is 9.32. The van der Waals surface area contributed by atoms with Gasteiger partial charge >= 0.3 is 0 Å². The van der Waals surface area contributed by atoms with Crippen LogP contribution in [0.4, 0.5) is 10.3 Å². The first-order valence-electron chi connectivity index (χ1n) is 11.9. The van der Waals surface area contributed by atoms with Crippen LogP contribution in [0, 0.1) is 5.82 Å². The van der Waals surface area contributed by atoms with Crippen molar-refractivity contribution in [2.75, 3.05) is 11.9 Å². The molecule has 4 heterocycles. The number of fused-ring (bicyclic) bond motifs is 5. The van der Waals surface area contributed by atoms with Crippen LogP contribution >= 0.6 is 0 Å². The second-order valence-corrected chi connectivity index (χ2v) is 9.35. The van der Waals surface area contributed by atoms with Gasteiger partial charge in [0.2, 0.25) is 5.95 Å². The first-order valence-corrected chi connectivity index (χ1v) is 11.9. The predicted octanol–water partition coefficient (Wildman–Crippen LogP) is 3.95. The van der Waals surface area contributed by atoms with Gasteiger partial charge in [-0.3, -0.25) is 4.98 Å². The van der Waals surface area contributed by atoms with Crippen molar-refractivity contribution >= 4 is 17.2 Å². The Kier molecular flexibility index (Phi) is 4.48. The molecule has 7 rings (SSSR count). The van der Waals surface area contributed by atoms with E-state index >= 15 is 0 Å². The van der Waals surface area contributed by atoms with E-state index < -0.39 is 5.82 Å². The maximum atomic E-state index is 13.9. The van der Waals surface area contributed by atoms with E-state index in [1.165, 1.54) is 29.0 Å². The highest BCUT2D eigenvalue weighted by molar-refractivity contribution is 5.78. The average Bonchev–Trinajstić information content (AvgIpc) is 3.42. The Morgan fingerprint density at radius 2 is 2.06 bits per heavy atom. The van der Waals surface area contributed by atoms with Crippen molar-refractivity contribution in [2.45, 2.75) is 44.7 Å². The minimum Gasteiger partial charge on any atom is -0.351 e. The fourth-order valence-electron chi connectivity index (χ4n) is 5.57. The minimum atomic E-state index is -0.403. The Morgan fingerprint density at radius 3 is 3.00 bits per heavy atom. The molecule has 3 aromatic heterocycles. The van der Waals surface area contributed by atoms with Crippen LogP contribution in [0.15, 0.2) is 48.3 Å². The summed E-state index contributed by atoms with van der Waals surface area (Å²) in [6.45, 7) is 1.61. The van der Waals surface area contributed by atoms with Gasteiger partial charge in [-0.15, -0.1) is 0 Å². The lowest BCUT2D eigenvalue weighted by molar-refractivity contribution is 0.621. The van der Waals surface area contributed by atoms with E-state index in [-0.39, 0.29) is 6.04 Å². The fourth-order valence-corrected chi connectivity index (χ4v) is 5.57. The first kappa shape index (κ1) is 19.8. The summed E-state index contributed by atoms with van der Waals surface area (Å²) in [6, 6.07) is 10.4. The SMILES string of the molecule is Fc1cncc(-c2nc(N[C@@H]3CCC4=C(C3)c3ccccc3C4)n3nc4c(c3n2)CNCC4)c1. The van der Waals surface area contributed by atoms with Crippen molar-refractivity contribution in [1.29, 1.82) is 0 Å². The number of anilines is 1. The third-order valence-electron chi connectivity index (χ3n) is 7.22. The lowest BCUT2D eigenvalue weighted by atomic mass is 9.88. The summed E-state index contributed by atoms with van der Waals surface area (Å²) in [5, 5.41) is 12.0. The normalized spacial score (nSPS) is 19.1. The van der Waals surface area contributed by atoms with Crippen molar-refractivity contribution in [3.05, 3.63) is 76.5 Å². The Hall–Kier alpha value is -3.65. The zero-order valence-corrected chi connectivity index (χ0v) is 18.7. The lowest BCUT2D eigenvalue weighted by Gasteiger charge is -2.26. The molecule has 8 heteroatoms. The van der Waals surface area contributed by atoms with Gasteiger partial charge in [-0.2, -0.15) is 14.6 Å². The molecule has 2 N–H and O–H groups in total. The van der Waals surface area contributed by atoms with Crippen LogP contribution in [0.1, 0.15) is 41.6 Å². The van der Waals surface area contributed by atoms with Crippen LogP contribution in [0.5, 0.6) is 0 Å². The van der Waals surface area contributed by atoms with Gasteiger partial charge in [0.1, 0.15) is 5.82 Å². The zero-order chi connectivity index (χ0) is 22.6. The third-order valence-corrected chi connectivity index (χ3v) is 7.22. The highest BCUT2D eigenvalue weighted by Gasteiger charge is 2.29. The number of rotatable bonds is 3. The molecule has 4 aromatic rings. The van der Waals surface area contributed by atoms with E-state index in [1.807, 2.05) is 4.52 Å². The smallest absolute Gasteiger partial charge is 0.228 e. The topological polar surface area (TPSA) is 80.0 Å². The molecule has 7 nitrogen and oxygen atoms in total. The van der Waals surface area contributed by atoms with E-state index in [9.17, 15) is 4.39 Å². The molecule has 2 aliphatic carbocycles. The van der Waals surface area contributed by atoms with Crippen molar-refractivity contribution in [2.24, 2.45) is 0 Å². The van der Waals surface area contributed by atoms with Crippen LogP contribution in [-0.2, 0) is 19.4 Å². The van der Waals surface area contributed by atoms with Gasteiger partial charge in [0.05, 0.1) is 11.9 Å². The summed E-state index contributed by atoms with van der Waals surface area (Å²) in [4.78, 5) is 13.6. The number of halogens is 1. The second-order valence-electron chi connectivity index (χ2n) is 9.35. The van der Waals surface area contributed by atoms with E-state index in [2.05, 4.69) is 39.9 Å². The Morgan fingerprint density at radius 1 is 1.12 bits per heavy atom. The van der Waals surface area contributed by atoms with Crippen LogP contribution < -0.4 is 10.6 Å². The quantitative estimate of drug-likeness (QED) is 0.489. The lowest BCUT2D eigenvalue weighted by Crippen LogP contribution is -2.25. The highest BCUT2D eigenvalue weighted by atomic mass is 19.1. The molecular weight excluding hydrogens is 429 g/mol. The highest BCUT2D eigenvalue weighted by Crippen LogP contribution is 2.42. The van der Waals surface area contributed by atoms with E-state index in [1.54, 1.807) is 11.8 Å². The summed E-state index contributed by atoms with van der Waals surface area (Å²) >= 11 is 0. The maximum absolute atomic E-state index is 13.9. The number of pyridine rings is 1. The molecule has 0 fully saturated rings. The fraction of sp³-hybridized carbons (Fsp3) is 0.308. The van der Waals surface area contributed by atoms with Gasteiger partial charge < -0.3 is 10.6 Å². The molecule has 1 aliphatic heterocycles. The number of nitrogens with zero attached hydrogens (tertiary/aromatic N) is 5. The summed E-state index contributed by atoms with van der Waals surface area (Å²) in [5.74, 6) is 0.704. The molecule has 0 amide bonds. The van der Waals surface area contributed by atoms with Gasteiger partial charge in [0, 0.05) is 42.9 Å². The van der Waals surface area contributed by atoms with Gasteiger partial charge in [-0.25, -0.2) is 9.37 Å². The van der Waals surface area contributed by atoms with Crippen LogP contribution in [0.2, 0.25) is 0 Å². The molecule has 0 spiro atoms. The maximum Gasteiger partial charge on any atom is 0.228 e. The molecule has 0 saturated carbocycles. The summed E-state index contributed by atoms with van der Waals surface area (Å²) in [6.07, 6.45) is 7.80. The summed E-state index contributed by atoms with van der Waals surface area (Å²) in [7, 11) is 0. The van der Waals surface area contributed by atoms with E-state index in [0.29, 0.717) is 23.9 Å². The molecule has 0 unspecified atom stereocenters. The molecule has 170 valence electrons. The summed E-state index contributed by atoms with van der Waals surface area (Å²) < 4.78 is 15.8. The van der Waals surface area contributed by atoms with E-state index in [4.69, 9.17) is 15.1 Å². The van der Waals surface area contributed by atoms with Crippen LogP contribution in [0.3, 0.4) is 0 Å². The number of benzene rings is 1. The number of hydrogen-bond donors (Lipinski definition) is 2. The van der Waals surface area contributed by atoms with Crippen molar-refractivity contribution < 1.29 is 4.39 Å². The van der Waals surface area contributed by atoms with Gasteiger partial charge in [-0.05, 0) is 48.4 Å². The molecule has 0 saturated heterocycles. The van der Waals surface area contributed by atoms with Gasteiger partial charge in [-0.1, -0.05) is 29.8 Å². The number of allylic oxidation sites excluding steroid dienone is 1. The standard InChI is InChI=1S/C26H24FN7/c27-18-10-17(12-29-13-18)24-31-25-22-14-28-8-7-23(22)33-34(25)26(32-24)30-19-6-5-16-9-15-3-1-2-4-20(15)21(16)11-19/h1-4,10,12-13,19,28H,5-9,11,14H2,(H,30,31,32)/t19-/m1/s1. The average molecular weight is 454 g/mol. The molecule has 1 aromatic carbocycles. The molecule has 1 atom stereocenters. The Labute approximate surface area is 196 Å². The van der Waals surface area contributed by atoms with Crippen molar-refractivity contribution in [3.8, 4) is 11.4 Å². The molecular formula is C26H24FN7. The van der Waals surface area contributed by atoms with Crippen LogP contribution in [0.25, 0.3) is 22.6 Å². The predicted molar refractivity (Wildman–Crippen MR) is 128 cm³/mol. The second kappa shape index (κ2) is 7.70.